The Hall–Kier alpha value is -0.940. The van der Waals surface area contributed by atoms with Crippen molar-refractivity contribution in [2.45, 2.75) is 13.3 Å². The lowest BCUT2D eigenvalue weighted by molar-refractivity contribution is 0.0943. The van der Waals surface area contributed by atoms with Crippen molar-refractivity contribution in [2.24, 2.45) is 0 Å². The first-order valence-corrected chi connectivity index (χ1v) is 6.26. The van der Waals surface area contributed by atoms with Crippen LogP contribution < -0.4 is 5.32 Å². The standard InChI is InChI=1S/C12H15BrFNO2/c1-2-17-8-4-7-15-12(16)9-5-3-6-10(14)11(9)13/h3,5-6H,2,4,7-8H2,1H3,(H,15,16). The van der Waals surface area contributed by atoms with Gasteiger partial charge in [-0.25, -0.2) is 4.39 Å². The molecule has 5 heteroatoms. The van der Waals surface area contributed by atoms with E-state index in [-0.39, 0.29) is 10.4 Å². The number of carbonyl (C=O) groups is 1. The highest BCUT2D eigenvalue weighted by atomic mass is 79.9. The Kier molecular flexibility index (Phi) is 6.15. The number of halogens is 2. The van der Waals surface area contributed by atoms with Gasteiger partial charge in [-0.1, -0.05) is 6.07 Å². The molecule has 0 saturated carbocycles. The van der Waals surface area contributed by atoms with Gasteiger partial charge in [0.1, 0.15) is 5.82 Å². The number of carbonyl (C=O) groups excluding carboxylic acids is 1. The number of ether oxygens (including phenoxy) is 1. The van der Waals surface area contributed by atoms with E-state index in [0.29, 0.717) is 25.3 Å². The highest BCUT2D eigenvalue weighted by Gasteiger charge is 2.11. The highest BCUT2D eigenvalue weighted by Crippen LogP contribution is 2.20. The summed E-state index contributed by atoms with van der Waals surface area (Å²) in [4.78, 5) is 11.7. The molecule has 0 aliphatic heterocycles. The lowest BCUT2D eigenvalue weighted by Crippen LogP contribution is -2.25. The van der Waals surface area contributed by atoms with Gasteiger partial charge in [0, 0.05) is 19.8 Å². The Morgan fingerprint density at radius 3 is 3.00 bits per heavy atom. The van der Waals surface area contributed by atoms with Gasteiger partial charge in [0.2, 0.25) is 0 Å². The van der Waals surface area contributed by atoms with Crippen LogP contribution in [0.1, 0.15) is 23.7 Å². The fourth-order valence-electron chi connectivity index (χ4n) is 1.29. The lowest BCUT2D eigenvalue weighted by Gasteiger charge is -2.07. The number of nitrogens with one attached hydrogen (secondary N) is 1. The normalized spacial score (nSPS) is 10.3. The van der Waals surface area contributed by atoms with E-state index in [9.17, 15) is 9.18 Å². The summed E-state index contributed by atoms with van der Waals surface area (Å²) < 4.78 is 18.5. The van der Waals surface area contributed by atoms with Crippen LogP contribution >= 0.6 is 15.9 Å². The molecule has 94 valence electrons. The van der Waals surface area contributed by atoms with Crippen molar-refractivity contribution in [1.82, 2.24) is 5.32 Å². The number of benzene rings is 1. The van der Waals surface area contributed by atoms with Crippen LogP contribution in [0.4, 0.5) is 4.39 Å². The van der Waals surface area contributed by atoms with Crippen LogP contribution in [0.25, 0.3) is 0 Å². The van der Waals surface area contributed by atoms with Crippen LogP contribution in [0.3, 0.4) is 0 Å². The van der Waals surface area contributed by atoms with Crippen molar-refractivity contribution in [3.8, 4) is 0 Å². The summed E-state index contributed by atoms with van der Waals surface area (Å²) >= 11 is 3.05. The molecule has 1 rings (SSSR count). The Morgan fingerprint density at radius 1 is 1.53 bits per heavy atom. The zero-order valence-corrected chi connectivity index (χ0v) is 11.2. The van der Waals surface area contributed by atoms with Crippen LogP contribution in [-0.2, 0) is 4.74 Å². The Bertz CT molecular complexity index is 385. The molecule has 0 fully saturated rings. The minimum atomic E-state index is -0.438. The molecule has 1 aromatic rings. The van der Waals surface area contributed by atoms with E-state index in [4.69, 9.17) is 4.74 Å². The van der Waals surface area contributed by atoms with Crippen molar-refractivity contribution >= 4 is 21.8 Å². The van der Waals surface area contributed by atoms with Gasteiger partial charge in [0.05, 0.1) is 10.0 Å². The zero-order valence-electron chi connectivity index (χ0n) is 9.63. The first-order chi connectivity index (χ1) is 8.16. The summed E-state index contributed by atoms with van der Waals surface area (Å²) in [6.07, 6.45) is 0.743. The Labute approximate surface area is 108 Å². The predicted molar refractivity (Wildman–Crippen MR) is 67.5 cm³/mol. The molecule has 0 aliphatic rings. The molecular weight excluding hydrogens is 289 g/mol. The molecule has 17 heavy (non-hydrogen) atoms. The summed E-state index contributed by atoms with van der Waals surface area (Å²) in [6, 6.07) is 4.39. The minimum absolute atomic E-state index is 0.197. The van der Waals surface area contributed by atoms with Gasteiger partial charge in [-0.2, -0.15) is 0 Å². The smallest absolute Gasteiger partial charge is 0.252 e. The molecule has 0 unspecified atom stereocenters. The van der Waals surface area contributed by atoms with E-state index in [0.717, 1.165) is 6.42 Å². The summed E-state index contributed by atoms with van der Waals surface area (Å²) in [5.41, 5.74) is 0.307. The third-order valence-electron chi connectivity index (χ3n) is 2.15. The van der Waals surface area contributed by atoms with Gasteiger partial charge in [-0.05, 0) is 41.4 Å². The van der Waals surface area contributed by atoms with Crippen LogP contribution in [0.15, 0.2) is 22.7 Å². The van der Waals surface area contributed by atoms with Crippen molar-refractivity contribution < 1.29 is 13.9 Å². The molecule has 0 aliphatic carbocycles. The van der Waals surface area contributed by atoms with Gasteiger partial charge in [0.25, 0.3) is 5.91 Å². The number of hydrogen-bond donors (Lipinski definition) is 1. The maximum Gasteiger partial charge on any atom is 0.252 e. The monoisotopic (exact) mass is 303 g/mol. The van der Waals surface area contributed by atoms with Crippen molar-refractivity contribution in [3.05, 3.63) is 34.1 Å². The second-order valence-electron chi connectivity index (χ2n) is 3.41. The number of amides is 1. The van der Waals surface area contributed by atoms with Gasteiger partial charge < -0.3 is 10.1 Å². The second kappa shape index (κ2) is 7.40. The largest absolute Gasteiger partial charge is 0.382 e. The second-order valence-corrected chi connectivity index (χ2v) is 4.20. The molecule has 0 radical (unpaired) electrons. The van der Waals surface area contributed by atoms with Crippen molar-refractivity contribution in [3.63, 3.8) is 0 Å². The molecule has 1 N–H and O–H groups in total. The van der Waals surface area contributed by atoms with E-state index in [1.165, 1.54) is 12.1 Å². The topological polar surface area (TPSA) is 38.3 Å². The van der Waals surface area contributed by atoms with E-state index in [1.54, 1.807) is 6.07 Å². The maximum absolute atomic E-state index is 13.2. The van der Waals surface area contributed by atoms with E-state index in [2.05, 4.69) is 21.2 Å². The fourth-order valence-corrected chi connectivity index (χ4v) is 1.74. The molecular formula is C12H15BrFNO2. The molecule has 0 bridgehead atoms. The molecule has 1 amide bonds. The summed E-state index contributed by atoms with van der Waals surface area (Å²) in [5.74, 6) is -0.722. The van der Waals surface area contributed by atoms with E-state index in [1.807, 2.05) is 6.92 Å². The first kappa shape index (κ1) is 14.1. The Morgan fingerprint density at radius 2 is 2.29 bits per heavy atom. The van der Waals surface area contributed by atoms with E-state index >= 15 is 0 Å². The fraction of sp³-hybridized carbons (Fsp3) is 0.417. The average Bonchev–Trinajstić information content (AvgIpc) is 2.32. The van der Waals surface area contributed by atoms with Crippen molar-refractivity contribution in [1.29, 1.82) is 0 Å². The SMILES string of the molecule is CCOCCCNC(=O)c1cccc(F)c1Br. The summed E-state index contributed by atoms with van der Waals surface area (Å²) in [6.45, 7) is 3.72. The van der Waals surface area contributed by atoms with Crippen LogP contribution in [-0.4, -0.2) is 25.7 Å². The van der Waals surface area contributed by atoms with Gasteiger partial charge in [-0.3, -0.25) is 4.79 Å². The molecule has 3 nitrogen and oxygen atoms in total. The summed E-state index contributed by atoms with van der Waals surface area (Å²) in [7, 11) is 0. The van der Waals surface area contributed by atoms with Gasteiger partial charge >= 0.3 is 0 Å². The number of hydrogen-bond acceptors (Lipinski definition) is 2. The molecule has 0 heterocycles. The quantitative estimate of drug-likeness (QED) is 0.821. The third kappa shape index (κ3) is 4.44. The third-order valence-corrected chi connectivity index (χ3v) is 2.96. The Balaban J connectivity index is 2.44. The van der Waals surface area contributed by atoms with Crippen LogP contribution in [0.5, 0.6) is 0 Å². The molecule has 0 aromatic heterocycles. The van der Waals surface area contributed by atoms with E-state index < -0.39 is 5.82 Å². The molecule has 0 saturated heterocycles. The average molecular weight is 304 g/mol. The molecule has 1 aromatic carbocycles. The maximum atomic E-state index is 13.2. The highest BCUT2D eigenvalue weighted by molar-refractivity contribution is 9.10. The summed E-state index contributed by atoms with van der Waals surface area (Å²) in [5, 5.41) is 2.71. The zero-order chi connectivity index (χ0) is 12.7. The van der Waals surface area contributed by atoms with Crippen LogP contribution in [0, 0.1) is 5.82 Å². The number of rotatable bonds is 6. The minimum Gasteiger partial charge on any atom is -0.382 e. The van der Waals surface area contributed by atoms with Gasteiger partial charge in [0.15, 0.2) is 0 Å². The molecule has 0 atom stereocenters. The van der Waals surface area contributed by atoms with Crippen molar-refractivity contribution in [2.75, 3.05) is 19.8 Å². The predicted octanol–water partition coefficient (Wildman–Crippen LogP) is 2.74. The van der Waals surface area contributed by atoms with Crippen LogP contribution in [0.2, 0.25) is 0 Å². The van der Waals surface area contributed by atoms with Gasteiger partial charge in [-0.15, -0.1) is 0 Å². The first-order valence-electron chi connectivity index (χ1n) is 5.46. The lowest BCUT2D eigenvalue weighted by atomic mass is 10.2. The molecule has 0 spiro atoms.